The number of nitrogens with zero attached hydrogens (tertiary/aromatic N) is 2. The van der Waals surface area contributed by atoms with Crippen LogP contribution in [0.2, 0.25) is 0 Å². The van der Waals surface area contributed by atoms with E-state index in [2.05, 4.69) is 10.4 Å². The predicted molar refractivity (Wildman–Crippen MR) is 111 cm³/mol. The minimum Gasteiger partial charge on any atom is -0.346 e. The molecule has 5 nitrogen and oxygen atoms in total. The molecule has 0 saturated heterocycles. The SMILES string of the molecule is Cc1ccc(C(=O)NCc2nn(C3CCCC3)c(=O)c3ccccc23)cc1C. The summed E-state index contributed by atoms with van der Waals surface area (Å²) < 4.78 is 1.65. The van der Waals surface area contributed by atoms with Gasteiger partial charge in [0.25, 0.3) is 11.5 Å². The summed E-state index contributed by atoms with van der Waals surface area (Å²) in [6.45, 7) is 4.32. The van der Waals surface area contributed by atoms with Crippen LogP contribution in [0.15, 0.2) is 47.3 Å². The normalized spacial score (nSPS) is 14.5. The van der Waals surface area contributed by atoms with E-state index in [4.69, 9.17) is 0 Å². The van der Waals surface area contributed by atoms with Gasteiger partial charge >= 0.3 is 0 Å². The largest absolute Gasteiger partial charge is 0.346 e. The lowest BCUT2D eigenvalue weighted by Crippen LogP contribution is -2.30. The van der Waals surface area contributed by atoms with Gasteiger partial charge in [0.15, 0.2) is 0 Å². The number of hydrogen-bond acceptors (Lipinski definition) is 3. The van der Waals surface area contributed by atoms with Crippen molar-refractivity contribution in [3.63, 3.8) is 0 Å². The van der Waals surface area contributed by atoms with Gasteiger partial charge in [0.2, 0.25) is 0 Å². The van der Waals surface area contributed by atoms with Crippen LogP contribution < -0.4 is 10.9 Å². The van der Waals surface area contributed by atoms with Gasteiger partial charge in [0.05, 0.1) is 23.7 Å². The summed E-state index contributed by atoms with van der Waals surface area (Å²) in [5.41, 5.74) is 3.58. The van der Waals surface area contributed by atoms with Gasteiger partial charge in [0.1, 0.15) is 0 Å². The number of benzene rings is 2. The van der Waals surface area contributed by atoms with Crippen molar-refractivity contribution in [3.8, 4) is 0 Å². The molecule has 1 heterocycles. The molecule has 0 atom stereocenters. The molecule has 0 spiro atoms. The molecule has 3 aromatic rings. The van der Waals surface area contributed by atoms with Crippen molar-refractivity contribution in [1.29, 1.82) is 0 Å². The number of carbonyl (C=O) groups is 1. The highest BCUT2D eigenvalue weighted by Crippen LogP contribution is 2.28. The second kappa shape index (κ2) is 7.58. The molecule has 1 aliphatic carbocycles. The second-order valence-electron chi connectivity index (χ2n) is 7.66. The standard InChI is InChI=1S/C23H25N3O2/c1-15-11-12-17(13-16(15)2)22(27)24-14-21-19-9-5-6-10-20(19)23(28)26(25-21)18-7-3-4-8-18/h5-6,9-13,18H,3-4,7-8,14H2,1-2H3,(H,24,27). The van der Waals surface area contributed by atoms with E-state index in [0.717, 1.165) is 47.9 Å². The molecule has 1 aromatic heterocycles. The quantitative estimate of drug-likeness (QED) is 0.748. The van der Waals surface area contributed by atoms with Crippen molar-refractivity contribution in [2.24, 2.45) is 0 Å². The van der Waals surface area contributed by atoms with E-state index < -0.39 is 0 Å². The predicted octanol–water partition coefficient (Wildman–Crippen LogP) is 4.06. The van der Waals surface area contributed by atoms with Crippen LogP contribution in [0.1, 0.15) is 58.9 Å². The van der Waals surface area contributed by atoms with E-state index in [1.165, 1.54) is 0 Å². The summed E-state index contributed by atoms with van der Waals surface area (Å²) in [6.07, 6.45) is 4.23. The first-order chi connectivity index (χ1) is 13.5. The fourth-order valence-electron chi connectivity index (χ4n) is 3.95. The van der Waals surface area contributed by atoms with E-state index in [9.17, 15) is 9.59 Å². The zero-order valence-corrected chi connectivity index (χ0v) is 16.4. The van der Waals surface area contributed by atoms with Crippen LogP contribution >= 0.6 is 0 Å². The van der Waals surface area contributed by atoms with Gasteiger partial charge in [-0.3, -0.25) is 9.59 Å². The van der Waals surface area contributed by atoms with E-state index >= 15 is 0 Å². The van der Waals surface area contributed by atoms with Gasteiger partial charge < -0.3 is 5.32 Å². The van der Waals surface area contributed by atoms with E-state index in [0.29, 0.717) is 17.5 Å². The summed E-state index contributed by atoms with van der Waals surface area (Å²) in [5, 5.41) is 9.12. The average Bonchev–Trinajstić information content (AvgIpc) is 3.24. The molecular formula is C23H25N3O2. The van der Waals surface area contributed by atoms with Crippen molar-refractivity contribution in [3.05, 3.63) is 75.2 Å². The van der Waals surface area contributed by atoms with Gasteiger partial charge in [-0.1, -0.05) is 37.1 Å². The third kappa shape index (κ3) is 3.44. The van der Waals surface area contributed by atoms with Crippen molar-refractivity contribution in [2.45, 2.75) is 52.1 Å². The summed E-state index contributed by atoms with van der Waals surface area (Å²) in [6, 6.07) is 13.4. The van der Waals surface area contributed by atoms with Crippen LogP contribution in [0.25, 0.3) is 10.8 Å². The molecular weight excluding hydrogens is 350 g/mol. The Kier molecular flexibility index (Phi) is 4.99. The summed E-state index contributed by atoms with van der Waals surface area (Å²) in [5.74, 6) is -0.132. The summed E-state index contributed by atoms with van der Waals surface area (Å²) >= 11 is 0. The number of aryl methyl sites for hydroxylation is 2. The molecule has 4 rings (SSSR count). The molecule has 2 aromatic carbocycles. The first kappa shape index (κ1) is 18.4. The highest BCUT2D eigenvalue weighted by atomic mass is 16.1. The van der Waals surface area contributed by atoms with E-state index in [1.807, 2.05) is 56.3 Å². The number of carbonyl (C=O) groups excluding carboxylic acids is 1. The van der Waals surface area contributed by atoms with Crippen LogP contribution in [0.4, 0.5) is 0 Å². The van der Waals surface area contributed by atoms with Gasteiger partial charge in [-0.05, 0) is 56.0 Å². The van der Waals surface area contributed by atoms with Crippen LogP contribution in [-0.2, 0) is 6.54 Å². The van der Waals surface area contributed by atoms with Crippen LogP contribution in [0, 0.1) is 13.8 Å². The molecule has 0 aliphatic heterocycles. The maximum absolute atomic E-state index is 12.9. The minimum absolute atomic E-state index is 0.0354. The van der Waals surface area contributed by atoms with Gasteiger partial charge in [0, 0.05) is 10.9 Å². The van der Waals surface area contributed by atoms with Gasteiger partial charge in [-0.15, -0.1) is 0 Å². The fourth-order valence-corrected chi connectivity index (χ4v) is 3.95. The Morgan fingerprint density at radius 1 is 1.07 bits per heavy atom. The lowest BCUT2D eigenvalue weighted by molar-refractivity contribution is 0.0950. The Balaban J connectivity index is 1.66. The Morgan fingerprint density at radius 3 is 2.50 bits per heavy atom. The Labute approximate surface area is 164 Å². The highest BCUT2D eigenvalue weighted by molar-refractivity contribution is 5.94. The molecule has 1 amide bonds. The number of aromatic nitrogens is 2. The molecule has 1 saturated carbocycles. The molecule has 5 heteroatoms. The first-order valence-corrected chi connectivity index (χ1v) is 9.90. The summed E-state index contributed by atoms with van der Waals surface area (Å²) in [7, 11) is 0. The number of nitrogens with one attached hydrogen (secondary N) is 1. The van der Waals surface area contributed by atoms with Crippen molar-refractivity contribution in [1.82, 2.24) is 15.1 Å². The smallest absolute Gasteiger partial charge is 0.274 e. The highest BCUT2D eigenvalue weighted by Gasteiger charge is 2.21. The number of fused-ring (bicyclic) bond motifs is 1. The molecule has 1 fully saturated rings. The van der Waals surface area contributed by atoms with E-state index in [1.54, 1.807) is 4.68 Å². The van der Waals surface area contributed by atoms with Crippen LogP contribution in [0.5, 0.6) is 0 Å². The third-order valence-corrected chi connectivity index (χ3v) is 5.76. The van der Waals surface area contributed by atoms with Crippen molar-refractivity contribution >= 4 is 16.7 Å². The average molecular weight is 375 g/mol. The van der Waals surface area contributed by atoms with E-state index in [-0.39, 0.29) is 17.5 Å². The molecule has 28 heavy (non-hydrogen) atoms. The van der Waals surface area contributed by atoms with Crippen molar-refractivity contribution < 1.29 is 4.79 Å². The second-order valence-corrected chi connectivity index (χ2v) is 7.66. The molecule has 0 bridgehead atoms. The first-order valence-electron chi connectivity index (χ1n) is 9.90. The fraction of sp³-hybridized carbons (Fsp3) is 0.348. The lowest BCUT2D eigenvalue weighted by atomic mass is 10.1. The minimum atomic E-state index is -0.132. The molecule has 1 aliphatic rings. The topological polar surface area (TPSA) is 64.0 Å². The maximum Gasteiger partial charge on any atom is 0.274 e. The molecule has 0 radical (unpaired) electrons. The molecule has 144 valence electrons. The van der Waals surface area contributed by atoms with Gasteiger partial charge in [-0.25, -0.2) is 4.68 Å². The molecule has 1 N–H and O–H groups in total. The number of rotatable bonds is 4. The number of amides is 1. The van der Waals surface area contributed by atoms with Gasteiger partial charge in [-0.2, -0.15) is 5.10 Å². The van der Waals surface area contributed by atoms with Crippen LogP contribution in [-0.4, -0.2) is 15.7 Å². The monoisotopic (exact) mass is 375 g/mol. The number of hydrogen-bond donors (Lipinski definition) is 1. The zero-order chi connectivity index (χ0) is 19.7. The van der Waals surface area contributed by atoms with Crippen LogP contribution in [0.3, 0.4) is 0 Å². The summed E-state index contributed by atoms with van der Waals surface area (Å²) in [4.78, 5) is 25.5. The lowest BCUT2D eigenvalue weighted by Gasteiger charge is -2.16. The third-order valence-electron chi connectivity index (χ3n) is 5.76. The Hall–Kier alpha value is -2.95. The maximum atomic E-state index is 12.9. The Morgan fingerprint density at radius 2 is 1.79 bits per heavy atom. The van der Waals surface area contributed by atoms with Crippen molar-refractivity contribution in [2.75, 3.05) is 0 Å². The Bertz CT molecular complexity index is 1090. The molecule has 0 unspecified atom stereocenters. The zero-order valence-electron chi connectivity index (χ0n) is 16.4.